The molecule has 0 amide bonds. The zero-order chi connectivity index (χ0) is 20.0. The molecule has 1 aliphatic carbocycles. The summed E-state index contributed by atoms with van der Waals surface area (Å²) in [6.45, 7) is 2.84. The number of para-hydroxylation sites is 2. The Kier molecular flexibility index (Phi) is 6.97. The number of nitrogens with one attached hydrogen (secondary N) is 2. The first kappa shape index (κ1) is 20.7. The maximum atomic E-state index is 12.8. The van der Waals surface area contributed by atoms with Crippen LogP contribution in [0.3, 0.4) is 0 Å². The predicted octanol–water partition coefficient (Wildman–Crippen LogP) is 4.52. The Morgan fingerprint density at radius 1 is 1.04 bits per heavy atom. The van der Waals surface area contributed by atoms with Crippen molar-refractivity contribution >= 4 is 21.4 Å². The van der Waals surface area contributed by atoms with Gasteiger partial charge in [-0.2, -0.15) is 0 Å². The van der Waals surface area contributed by atoms with Crippen molar-refractivity contribution in [1.29, 1.82) is 0 Å². The topological polar surface area (TPSA) is 84.2 Å². The number of hydrogen-bond acceptors (Lipinski definition) is 4. The summed E-state index contributed by atoms with van der Waals surface area (Å²) in [6.07, 6.45) is 7.92. The lowest BCUT2D eigenvalue weighted by Gasteiger charge is -2.25. The normalized spacial score (nSPS) is 16.6. The van der Waals surface area contributed by atoms with Crippen LogP contribution in [-0.4, -0.2) is 14.5 Å². The van der Waals surface area contributed by atoms with E-state index in [0.29, 0.717) is 18.3 Å². The van der Waals surface area contributed by atoms with E-state index < -0.39 is 10.0 Å². The molecular formula is C22H31N3O2S. The van der Waals surface area contributed by atoms with Gasteiger partial charge >= 0.3 is 0 Å². The Bertz CT molecular complexity index is 877. The van der Waals surface area contributed by atoms with Crippen LogP contribution in [0, 0.1) is 5.92 Å². The average Bonchev–Trinajstić information content (AvgIpc) is 2.68. The fourth-order valence-electron chi connectivity index (χ4n) is 3.99. The molecule has 6 heteroatoms. The Hall–Kier alpha value is -2.05. The number of nitrogens with two attached hydrogens (primary N) is 1. The van der Waals surface area contributed by atoms with Crippen molar-refractivity contribution in [1.82, 2.24) is 5.32 Å². The van der Waals surface area contributed by atoms with Crippen molar-refractivity contribution in [3.8, 4) is 0 Å². The molecule has 1 fully saturated rings. The van der Waals surface area contributed by atoms with E-state index in [2.05, 4.69) is 17.0 Å². The molecule has 2 aromatic rings. The lowest BCUT2D eigenvalue weighted by Crippen LogP contribution is -2.29. The number of hydrogen-bond donors (Lipinski definition) is 3. The van der Waals surface area contributed by atoms with Crippen LogP contribution in [0.1, 0.15) is 51.0 Å². The van der Waals surface area contributed by atoms with Gasteiger partial charge in [0.15, 0.2) is 0 Å². The van der Waals surface area contributed by atoms with E-state index in [4.69, 9.17) is 5.73 Å². The highest BCUT2D eigenvalue weighted by Gasteiger charge is 2.19. The molecule has 0 radical (unpaired) electrons. The fraction of sp³-hybridized carbons (Fsp3) is 0.455. The number of rotatable bonds is 8. The van der Waals surface area contributed by atoms with E-state index in [0.717, 1.165) is 11.5 Å². The molecule has 0 heterocycles. The largest absolute Gasteiger partial charge is 0.398 e. The van der Waals surface area contributed by atoms with Crippen LogP contribution >= 0.6 is 0 Å². The number of sulfonamides is 1. The van der Waals surface area contributed by atoms with Crippen LogP contribution in [0.2, 0.25) is 0 Å². The summed E-state index contributed by atoms with van der Waals surface area (Å²) in [5.41, 5.74) is 7.61. The fourth-order valence-corrected chi connectivity index (χ4v) is 5.22. The maximum Gasteiger partial charge on any atom is 0.263 e. The highest BCUT2D eigenvalue weighted by Crippen LogP contribution is 2.28. The van der Waals surface area contributed by atoms with Gasteiger partial charge in [-0.25, -0.2) is 8.42 Å². The van der Waals surface area contributed by atoms with E-state index in [1.54, 1.807) is 24.3 Å². The SMILES string of the molecule is C[C@@H](CC1CCCCC1)NCc1ccccc1NS(=O)(=O)c1ccccc1N. The molecule has 1 saturated carbocycles. The van der Waals surface area contributed by atoms with Crippen LogP contribution in [0.15, 0.2) is 53.4 Å². The zero-order valence-corrected chi connectivity index (χ0v) is 17.3. The van der Waals surface area contributed by atoms with Crippen molar-refractivity contribution in [2.75, 3.05) is 10.5 Å². The molecule has 0 bridgehead atoms. The van der Waals surface area contributed by atoms with E-state index in [1.165, 1.54) is 44.6 Å². The summed E-state index contributed by atoms with van der Waals surface area (Å²) >= 11 is 0. The van der Waals surface area contributed by atoms with Gasteiger partial charge < -0.3 is 11.1 Å². The summed E-state index contributed by atoms with van der Waals surface area (Å²) in [4.78, 5) is 0.100. The first-order chi connectivity index (χ1) is 13.5. The standard InChI is InChI=1S/C22H31N3O2S/c1-17(15-18-9-3-2-4-10-18)24-16-19-11-5-7-13-21(19)25-28(26,27)22-14-8-6-12-20(22)23/h5-8,11-14,17-18,24-25H,2-4,9-10,15-16,23H2,1H3/t17-/m0/s1. The summed E-state index contributed by atoms with van der Waals surface area (Å²) in [6, 6.07) is 14.4. The van der Waals surface area contributed by atoms with Gasteiger partial charge in [0.1, 0.15) is 4.90 Å². The molecular weight excluding hydrogens is 370 g/mol. The summed E-state index contributed by atoms with van der Waals surface area (Å²) in [5, 5.41) is 3.56. The van der Waals surface area contributed by atoms with Crippen LogP contribution in [0.4, 0.5) is 11.4 Å². The van der Waals surface area contributed by atoms with Crippen molar-refractivity contribution in [2.24, 2.45) is 5.92 Å². The van der Waals surface area contributed by atoms with Gasteiger partial charge in [0.25, 0.3) is 10.0 Å². The molecule has 0 aliphatic heterocycles. The predicted molar refractivity (Wildman–Crippen MR) is 116 cm³/mol. The second kappa shape index (κ2) is 9.43. The number of anilines is 2. The quantitative estimate of drug-likeness (QED) is 0.568. The van der Waals surface area contributed by atoms with Gasteiger partial charge in [0.2, 0.25) is 0 Å². The highest BCUT2D eigenvalue weighted by atomic mass is 32.2. The molecule has 1 atom stereocenters. The molecule has 28 heavy (non-hydrogen) atoms. The summed E-state index contributed by atoms with van der Waals surface area (Å²) in [7, 11) is -3.73. The van der Waals surface area contributed by atoms with Crippen molar-refractivity contribution in [3.05, 3.63) is 54.1 Å². The Balaban J connectivity index is 1.65. The molecule has 0 saturated heterocycles. The van der Waals surface area contributed by atoms with E-state index in [-0.39, 0.29) is 10.6 Å². The third-order valence-corrected chi connectivity index (χ3v) is 6.96. The third kappa shape index (κ3) is 5.49. The van der Waals surface area contributed by atoms with Crippen molar-refractivity contribution in [3.63, 3.8) is 0 Å². The summed E-state index contributed by atoms with van der Waals surface area (Å²) in [5.74, 6) is 0.811. The molecule has 5 nitrogen and oxygen atoms in total. The van der Waals surface area contributed by atoms with Crippen molar-refractivity contribution in [2.45, 2.75) is 62.9 Å². The molecule has 2 aromatic carbocycles. The van der Waals surface area contributed by atoms with Gasteiger partial charge in [-0.3, -0.25) is 4.72 Å². The van der Waals surface area contributed by atoms with Crippen LogP contribution < -0.4 is 15.8 Å². The minimum absolute atomic E-state index is 0.100. The highest BCUT2D eigenvalue weighted by molar-refractivity contribution is 7.92. The molecule has 0 aromatic heterocycles. The zero-order valence-electron chi connectivity index (χ0n) is 16.5. The van der Waals surface area contributed by atoms with Gasteiger partial charge in [-0.1, -0.05) is 62.4 Å². The Morgan fingerprint density at radius 2 is 1.71 bits per heavy atom. The second-order valence-corrected chi connectivity index (χ2v) is 9.47. The Morgan fingerprint density at radius 3 is 2.46 bits per heavy atom. The monoisotopic (exact) mass is 401 g/mol. The molecule has 0 unspecified atom stereocenters. The van der Waals surface area contributed by atoms with Crippen LogP contribution in [-0.2, 0) is 16.6 Å². The van der Waals surface area contributed by atoms with Crippen LogP contribution in [0.5, 0.6) is 0 Å². The van der Waals surface area contributed by atoms with Crippen molar-refractivity contribution < 1.29 is 8.42 Å². The smallest absolute Gasteiger partial charge is 0.263 e. The third-order valence-electron chi connectivity index (χ3n) is 5.52. The number of nitrogen functional groups attached to an aromatic ring is 1. The van der Waals surface area contributed by atoms with Gasteiger partial charge in [0, 0.05) is 12.6 Å². The Labute approximate surface area is 168 Å². The molecule has 152 valence electrons. The maximum absolute atomic E-state index is 12.8. The van der Waals surface area contributed by atoms with E-state index in [9.17, 15) is 8.42 Å². The van der Waals surface area contributed by atoms with Gasteiger partial charge in [0.05, 0.1) is 11.4 Å². The molecule has 3 rings (SSSR count). The lowest BCUT2D eigenvalue weighted by atomic mass is 9.85. The van der Waals surface area contributed by atoms with E-state index in [1.807, 2.05) is 18.2 Å². The first-order valence-electron chi connectivity index (χ1n) is 10.1. The first-order valence-corrected chi connectivity index (χ1v) is 11.6. The summed E-state index contributed by atoms with van der Waals surface area (Å²) < 4.78 is 28.2. The number of benzene rings is 2. The van der Waals surface area contributed by atoms with E-state index >= 15 is 0 Å². The second-order valence-electron chi connectivity index (χ2n) is 7.82. The average molecular weight is 402 g/mol. The van der Waals surface area contributed by atoms with Gasteiger partial charge in [-0.05, 0) is 43.0 Å². The van der Waals surface area contributed by atoms with Gasteiger partial charge in [-0.15, -0.1) is 0 Å². The minimum atomic E-state index is -3.73. The minimum Gasteiger partial charge on any atom is -0.398 e. The van der Waals surface area contributed by atoms with Crippen LogP contribution in [0.25, 0.3) is 0 Å². The lowest BCUT2D eigenvalue weighted by molar-refractivity contribution is 0.305. The molecule has 4 N–H and O–H groups in total. The molecule has 1 aliphatic rings. The molecule has 0 spiro atoms.